The Hall–Kier alpha value is -3.35. The average molecular weight is 398 g/mol. The Balaban J connectivity index is 1.87. The highest BCUT2D eigenvalue weighted by molar-refractivity contribution is 5.84. The molecule has 0 fully saturated rings. The number of benzene rings is 2. The molecule has 0 heterocycles. The van der Waals surface area contributed by atoms with Gasteiger partial charge in [-0.25, -0.2) is 5.43 Å². The number of rotatable bonds is 7. The molecule has 2 aromatic carbocycles. The van der Waals surface area contributed by atoms with Crippen molar-refractivity contribution < 1.29 is 23.8 Å². The molecular weight excluding hydrogens is 372 g/mol. The van der Waals surface area contributed by atoms with E-state index >= 15 is 0 Å². The Kier molecular flexibility index (Phi) is 7.36. The van der Waals surface area contributed by atoms with E-state index in [9.17, 15) is 9.59 Å². The van der Waals surface area contributed by atoms with Crippen LogP contribution in [0.3, 0.4) is 0 Å². The summed E-state index contributed by atoms with van der Waals surface area (Å²) in [6.07, 6.45) is 1.45. The normalized spacial score (nSPS) is 11.2. The first-order valence-electron chi connectivity index (χ1n) is 9.11. The molecule has 0 aromatic heterocycles. The number of hydrazone groups is 1. The lowest BCUT2D eigenvalue weighted by Gasteiger charge is -2.19. The van der Waals surface area contributed by atoms with Gasteiger partial charge in [0.05, 0.1) is 13.3 Å². The highest BCUT2D eigenvalue weighted by Crippen LogP contribution is 2.27. The van der Waals surface area contributed by atoms with Crippen LogP contribution in [0.4, 0.5) is 0 Å². The second-order valence-corrected chi connectivity index (χ2v) is 7.36. The fraction of sp³-hybridized carbons (Fsp3) is 0.318. The average Bonchev–Trinajstić information content (AvgIpc) is 2.66. The number of ether oxygens (including phenoxy) is 3. The van der Waals surface area contributed by atoms with E-state index in [1.165, 1.54) is 25.8 Å². The largest absolute Gasteiger partial charge is 0.493 e. The van der Waals surface area contributed by atoms with E-state index in [2.05, 4.69) is 31.3 Å². The number of hydrogen-bond acceptors (Lipinski definition) is 6. The Morgan fingerprint density at radius 3 is 2.34 bits per heavy atom. The van der Waals surface area contributed by atoms with Crippen LogP contribution in [0.15, 0.2) is 47.6 Å². The van der Waals surface area contributed by atoms with Gasteiger partial charge >= 0.3 is 5.97 Å². The van der Waals surface area contributed by atoms with Crippen molar-refractivity contribution >= 4 is 18.1 Å². The van der Waals surface area contributed by atoms with Crippen molar-refractivity contribution in [3.63, 3.8) is 0 Å². The smallest absolute Gasteiger partial charge is 0.308 e. The van der Waals surface area contributed by atoms with Crippen LogP contribution >= 0.6 is 0 Å². The van der Waals surface area contributed by atoms with Gasteiger partial charge in [-0.3, -0.25) is 9.59 Å². The van der Waals surface area contributed by atoms with E-state index in [-0.39, 0.29) is 17.9 Å². The van der Waals surface area contributed by atoms with Gasteiger partial charge in [0.15, 0.2) is 18.1 Å². The molecule has 29 heavy (non-hydrogen) atoms. The van der Waals surface area contributed by atoms with Crippen LogP contribution in [0.2, 0.25) is 0 Å². The molecule has 0 saturated carbocycles. The van der Waals surface area contributed by atoms with Crippen LogP contribution < -0.4 is 19.6 Å². The van der Waals surface area contributed by atoms with Gasteiger partial charge in [-0.2, -0.15) is 5.10 Å². The van der Waals surface area contributed by atoms with E-state index < -0.39 is 5.97 Å². The maximum Gasteiger partial charge on any atom is 0.308 e. The summed E-state index contributed by atoms with van der Waals surface area (Å²) in [5, 5.41) is 3.90. The predicted octanol–water partition coefficient (Wildman–Crippen LogP) is 3.45. The Bertz CT molecular complexity index is 883. The van der Waals surface area contributed by atoms with Gasteiger partial charge in [-0.05, 0) is 46.9 Å². The molecule has 0 aliphatic rings. The van der Waals surface area contributed by atoms with Crippen molar-refractivity contribution in [2.75, 3.05) is 13.7 Å². The van der Waals surface area contributed by atoms with Crippen LogP contribution in [0.1, 0.15) is 38.8 Å². The predicted molar refractivity (Wildman–Crippen MR) is 111 cm³/mol. The molecular formula is C22H26N2O5. The number of esters is 1. The third-order valence-corrected chi connectivity index (χ3v) is 3.93. The van der Waals surface area contributed by atoms with Gasteiger partial charge in [0.25, 0.3) is 5.91 Å². The number of amides is 1. The van der Waals surface area contributed by atoms with Crippen molar-refractivity contribution in [3.8, 4) is 17.2 Å². The van der Waals surface area contributed by atoms with Crippen molar-refractivity contribution in [3.05, 3.63) is 53.6 Å². The molecule has 1 N–H and O–H groups in total. The van der Waals surface area contributed by atoms with E-state index in [4.69, 9.17) is 14.2 Å². The molecule has 7 heteroatoms. The second-order valence-electron chi connectivity index (χ2n) is 7.36. The fourth-order valence-electron chi connectivity index (χ4n) is 2.41. The lowest BCUT2D eigenvalue weighted by Crippen LogP contribution is -2.24. The van der Waals surface area contributed by atoms with Crippen molar-refractivity contribution in [2.24, 2.45) is 5.10 Å². The Labute approximate surface area is 170 Å². The van der Waals surface area contributed by atoms with E-state index in [0.29, 0.717) is 22.8 Å². The number of methoxy groups -OCH3 is 1. The minimum Gasteiger partial charge on any atom is -0.493 e. The first kappa shape index (κ1) is 21.9. The molecule has 7 nitrogen and oxygen atoms in total. The zero-order valence-electron chi connectivity index (χ0n) is 17.3. The third kappa shape index (κ3) is 6.95. The lowest BCUT2D eigenvalue weighted by atomic mass is 9.87. The minimum absolute atomic E-state index is 0.0592. The maximum atomic E-state index is 11.9. The zero-order chi connectivity index (χ0) is 21.4. The third-order valence-electron chi connectivity index (χ3n) is 3.93. The molecule has 0 atom stereocenters. The summed E-state index contributed by atoms with van der Waals surface area (Å²) < 4.78 is 15.7. The lowest BCUT2D eigenvalue weighted by molar-refractivity contribution is -0.132. The number of carbonyl (C=O) groups is 2. The number of hydrogen-bond donors (Lipinski definition) is 1. The number of nitrogens with one attached hydrogen (secondary N) is 1. The molecule has 0 bridgehead atoms. The van der Waals surface area contributed by atoms with Crippen LogP contribution in [0.5, 0.6) is 17.2 Å². The molecule has 2 aromatic rings. The molecule has 0 saturated heterocycles. The van der Waals surface area contributed by atoms with E-state index in [1.807, 2.05) is 24.3 Å². The highest BCUT2D eigenvalue weighted by Gasteiger charge is 2.13. The van der Waals surface area contributed by atoms with Gasteiger partial charge < -0.3 is 14.2 Å². The Morgan fingerprint density at radius 2 is 1.76 bits per heavy atom. The zero-order valence-corrected chi connectivity index (χ0v) is 17.3. The number of nitrogens with zero attached hydrogens (tertiary/aromatic N) is 1. The summed E-state index contributed by atoms with van der Waals surface area (Å²) >= 11 is 0. The fourth-order valence-corrected chi connectivity index (χ4v) is 2.41. The first-order chi connectivity index (χ1) is 13.7. The quantitative estimate of drug-likeness (QED) is 0.334. The summed E-state index contributed by atoms with van der Waals surface area (Å²) in [7, 11) is 1.47. The number of carbonyl (C=O) groups excluding carboxylic acids is 2. The van der Waals surface area contributed by atoms with Gasteiger partial charge in [0.2, 0.25) is 0 Å². The van der Waals surface area contributed by atoms with Gasteiger partial charge in [0, 0.05) is 6.92 Å². The van der Waals surface area contributed by atoms with Crippen LogP contribution in [0.25, 0.3) is 0 Å². The summed E-state index contributed by atoms with van der Waals surface area (Å²) in [5.41, 5.74) is 4.31. The minimum atomic E-state index is -0.440. The van der Waals surface area contributed by atoms with Crippen LogP contribution in [0, 0.1) is 0 Å². The summed E-state index contributed by atoms with van der Waals surface area (Å²) in [6.45, 7) is 7.56. The van der Waals surface area contributed by atoms with Crippen LogP contribution in [-0.4, -0.2) is 31.8 Å². The Morgan fingerprint density at radius 1 is 1.07 bits per heavy atom. The van der Waals surface area contributed by atoms with Crippen LogP contribution in [-0.2, 0) is 15.0 Å². The maximum absolute atomic E-state index is 11.9. The van der Waals surface area contributed by atoms with Crippen molar-refractivity contribution in [1.29, 1.82) is 0 Å². The molecule has 1 amide bonds. The standard InChI is InChI=1S/C22H26N2O5/c1-15(25)29-19-11-6-16(12-20(19)27-5)13-23-24-21(26)14-28-18-9-7-17(8-10-18)22(2,3)4/h6-13H,14H2,1-5H3,(H,24,26)/b23-13+. The summed E-state index contributed by atoms with van der Waals surface area (Å²) in [6, 6.07) is 12.6. The molecule has 0 radical (unpaired) electrons. The molecule has 0 aliphatic carbocycles. The summed E-state index contributed by atoms with van der Waals surface area (Å²) in [4.78, 5) is 23.0. The molecule has 0 spiro atoms. The van der Waals surface area contributed by atoms with Crippen molar-refractivity contribution in [2.45, 2.75) is 33.1 Å². The molecule has 0 aliphatic heterocycles. The van der Waals surface area contributed by atoms with Crippen molar-refractivity contribution in [1.82, 2.24) is 5.43 Å². The molecule has 2 rings (SSSR count). The van der Waals surface area contributed by atoms with E-state index in [1.54, 1.807) is 18.2 Å². The topological polar surface area (TPSA) is 86.2 Å². The molecule has 154 valence electrons. The monoisotopic (exact) mass is 398 g/mol. The second kappa shape index (κ2) is 9.73. The van der Waals surface area contributed by atoms with Gasteiger partial charge in [0.1, 0.15) is 5.75 Å². The SMILES string of the molecule is COc1cc(/C=N/NC(=O)COc2ccc(C(C)(C)C)cc2)ccc1OC(C)=O. The molecule has 0 unspecified atom stereocenters. The highest BCUT2D eigenvalue weighted by atomic mass is 16.6. The summed E-state index contributed by atoms with van der Waals surface area (Å²) in [5.74, 6) is 0.488. The van der Waals surface area contributed by atoms with Gasteiger partial charge in [-0.1, -0.05) is 32.9 Å². The van der Waals surface area contributed by atoms with Gasteiger partial charge in [-0.15, -0.1) is 0 Å². The first-order valence-corrected chi connectivity index (χ1v) is 9.11. The van der Waals surface area contributed by atoms with E-state index in [0.717, 1.165) is 0 Å².